The normalized spacial score (nSPS) is 15.7. The zero-order valence-corrected chi connectivity index (χ0v) is 13.9. The second-order valence-electron chi connectivity index (χ2n) is 4.86. The van der Waals surface area contributed by atoms with Crippen molar-refractivity contribution in [2.75, 3.05) is 18.5 Å². The van der Waals surface area contributed by atoms with Gasteiger partial charge >= 0.3 is 0 Å². The van der Waals surface area contributed by atoms with Crippen LogP contribution in [0.4, 0.5) is 5.13 Å². The van der Waals surface area contributed by atoms with E-state index >= 15 is 0 Å². The van der Waals surface area contributed by atoms with Gasteiger partial charge in [-0.3, -0.25) is 4.79 Å². The topological polar surface area (TPSA) is 60.5 Å². The lowest BCUT2D eigenvalue weighted by Crippen LogP contribution is -2.04. The van der Waals surface area contributed by atoms with Crippen LogP contribution in [0.2, 0.25) is 0 Å². The van der Waals surface area contributed by atoms with Gasteiger partial charge in [0, 0.05) is 17.2 Å². The Morgan fingerprint density at radius 2 is 2.18 bits per heavy atom. The van der Waals surface area contributed by atoms with Crippen LogP contribution in [-0.2, 0) is 14.3 Å². The molecule has 1 aliphatic heterocycles. The minimum atomic E-state index is -0.224. The summed E-state index contributed by atoms with van der Waals surface area (Å²) in [5.41, 5.74) is 2.00. The Morgan fingerprint density at radius 1 is 1.41 bits per heavy atom. The summed E-state index contributed by atoms with van der Waals surface area (Å²) in [5.74, 6) is -0.111. The van der Waals surface area contributed by atoms with E-state index in [0.29, 0.717) is 18.3 Å². The van der Waals surface area contributed by atoms with Gasteiger partial charge in [0.25, 0.3) is 0 Å². The average molecular weight is 336 g/mol. The maximum Gasteiger partial charge on any atom is 0.223 e. The number of anilines is 1. The third-order valence-electron chi connectivity index (χ3n) is 3.03. The molecule has 1 fully saturated rings. The quantitative estimate of drug-likeness (QED) is 0.925. The van der Waals surface area contributed by atoms with Crippen LogP contribution in [0.25, 0.3) is 12.2 Å². The number of carbonyl (C=O) groups excluding carboxylic acids is 1. The minimum absolute atomic E-state index is 0.111. The molecule has 0 unspecified atom stereocenters. The molecule has 7 heteroatoms. The molecule has 116 valence electrons. The van der Waals surface area contributed by atoms with E-state index in [1.54, 1.807) is 11.3 Å². The second kappa shape index (κ2) is 6.70. The van der Waals surface area contributed by atoms with Crippen molar-refractivity contribution in [3.63, 3.8) is 0 Å². The number of carbonyl (C=O) groups is 1. The van der Waals surface area contributed by atoms with Gasteiger partial charge in [0.1, 0.15) is 0 Å². The number of hydrogen-bond donors (Lipinski definition) is 1. The predicted octanol–water partition coefficient (Wildman–Crippen LogP) is 3.69. The number of amides is 1. The zero-order chi connectivity index (χ0) is 15.5. The van der Waals surface area contributed by atoms with Crippen LogP contribution >= 0.6 is 22.7 Å². The van der Waals surface area contributed by atoms with Gasteiger partial charge in [-0.2, -0.15) is 0 Å². The largest absolute Gasteiger partial charge is 0.345 e. The maximum absolute atomic E-state index is 11.0. The van der Waals surface area contributed by atoms with Crippen LogP contribution in [0.3, 0.4) is 0 Å². The molecule has 3 heterocycles. The van der Waals surface area contributed by atoms with Crippen molar-refractivity contribution in [2.45, 2.75) is 20.1 Å². The zero-order valence-electron chi connectivity index (χ0n) is 12.3. The highest BCUT2D eigenvalue weighted by Crippen LogP contribution is 2.34. The van der Waals surface area contributed by atoms with E-state index in [4.69, 9.17) is 9.47 Å². The van der Waals surface area contributed by atoms with E-state index < -0.39 is 0 Å². The van der Waals surface area contributed by atoms with Crippen LogP contribution in [0.1, 0.15) is 34.2 Å². The molecule has 0 aliphatic carbocycles. The van der Waals surface area contributed by atoms with Gasteiger partial charge in [0.05, 0.1) is 23.8 Å². The Bertz CT molecular complexity index is 699. The highest BCUT2D eigenvalue weighted by molar-refractivity contribution is 7.14. The fraction of sp³-hybridized carbons (Fsp3) is 0.333. The first-order chi connectivity index (χ1) is 10.6. The number of thiazole rings is 1. The van der Waals surface area contributed by atoms with Crippen molar-refractivity contribution in [2.24, 2.45) is 0 Å². The molecule has 5 nitrogen and oxygen atoms in total. The van der Waals surface area contributed by atoms with E-state index in [2.05, 4.69) is 23.3 Å². The Kier molecular flexibility index (Phi) is 4.68. The molecule has 2 aromatic heterocycles. The monoisotopic (exact) mass is 336 g/mol. The molecule has 0 spiro atoms. The van der Waals surface area contributed by atoms with Gasteiger partial charge in [0.15, 0.2) is 11.4 Å². The summed E-state index contributed by atoms with van der Waals surface area (Å²) in [4.78, 5) is 17.6. The Hall–Kier alpha value is -1.54. The van der Waals surface area contributed by atoms with Crippen LogP contribution in [0, 0.1) is 6.92 Å². The summed E-state index contributed by atoms with van der Waals surface area (Å²) in [6.45, 7) is 4.84. The van der Waals surface area contributed by atoms with E-state index in [9.17, 15) is 4.79 Å². The fourth-order valence-electron chi connectivity index (χ4n) is 2.09. The first-order valence-electron chi connectivity index (χ1n) is 6.86. The number of aryl methyl sites for hydroxylation is 1. The van der Waals surface area contributed by atoms with E-state index in [-0.39, 0.29) is 12.2 Å². The lowest BCUT2D eigenvalue weighted by atomic mass is 10.2. The Labute approximate surface area is 136 Å². The molecule has 0 atom stereocenters. The van der Waals surface area contributed by atoms with Gasteiger partial charge in [0.2, 0.25) is 5.91 Å². The third kappa shape index (κ3) is 3.61. The summed E-state index contributed by atoms with van der Waals surface area (Å²) in [7, 11) is 0. The van der Waals surface area contributed by atoms with Crippen molar-refractivity contribution < 1.29 is 14.3 Å². The standard InChI is InChI=1S/C15H16N2O3S2/c1-9-7-12(22-13(9)14-19-5-6-20-14)4-3-11-8-21-15(17-11)16-10(2)18/h3-4,7-8,14H,5-6H2,1-2H3,(H,16,17,18)/b4-3+. The molecular formula is C15H16N2O3S2. The maximum atomic E-state index is 11.0. The van der Waals surface area contributed by atoms with E-state index in [1.807, 2.05) is 17.5 Å². The van der Waals surface area contributed by atoms with Crippen molar-refractivity contribution in [1.82, 2.24) is 4.98 Å². The molecule has 2 aromatic rings. The van der Waals surface area contributed by atoms with Gasteiger partial charge in [-0.05, 0) is 30.7 Å². The summed E-state index contributed by atoms with van der Waals surface area (Å²) < 4.78 is 11.1. The summed E-state index contributed by atoms with van der Waals surface area (Å²) in [6.07, 6.45) is 3.73. The molecule has 1 N–H and O–H groups in total. The molecule has 0 aromatic carbocycles. The fourth-order valence-corrected chi connectivity index (χ4v) is 3.89. The lowest BCUT2D eigenvalue weighted by Gasteiger charge is -2.06. The summed E-state index contributed by atoms with van der Waals surface area (Å²) in [5, 5.41) is 5.20. The van der Waals surface area contributed by atoms with Crippen LogP contribution in [0.15, 0.2) is 11.4 Å². The van der Waals surface area contributed by atoms with Crippen molar-refractivity contribution in [3.8, 4) is 0 Å². The number of thiophene rings is 1. The molecule has 0 radical (unpaired) electrons. The van der Waals surface area contributed by atoms with Crippen LogP contribution < -0.4 is 5.32 Å². The number of ether oxygens (including phenoxy) is 2. The van der Waals surface area contributed by atoms with Gasteiger partial charge < -0.3 is 14.8 Å². The number of aromatic nitrogens is 1. The minimum Gasteiger partial charge on any atom is -0.345 e. The average Bonchev–Trinajstić information content (AvgIpc) is 3.16. The molecule has 0 bridgehead atoms. The number of hydrogen-bond acceptors (Lipinski definition) is 6. The SMILES string of the molecule is CC(=O)Nc1nc(/C=C/c2cc(C)c(C3OCCO3)s2)cs1. The van der Waals surface area contributed by atoms with Crippen LogP contribution in [0.5, 0.6) is 0 Å². The first-order valence-corrected chi connectivity index (χ1v) is 8.56. The molecular weight excluding hydrogens is 320 g/mol. The highest BCUT2D eigenvalue weighted by atomic mass is 32.1. The number of rotatable bonds is 4. The lowest BCUT2D eigenvalue weighted by molar-refractivity contribution is -0.114. The number of nitrogens with zero attached hydrogens (tertiary/aromatic N) is 1. The van der Waals surface area contributed by atoms with Crippen molar-refractivity contribution in [1.29, 1.82) is 0 Å². The number of nitrogens with one attached hydrogen (secondary N) is 1. The molecule has 1 saturated heterocycles. The van der Waals surface area contributed by atoms with Gasteiger partial charge in [-0.25, -0.2) is 4.98 Å². The first kappa shape index (κ1) is 15.4. The Balaban J connectivity index is 1.71. The molecule has 0 saturated carbocycles. The Morgan fingerprint density at radius 3 is 2.91 bits per heavy atom. The third-order valence-corrected chi connectivity index (χ3v) is 5.03. The van der Waals surface area contributed by atoms with E-state index in [0.717, 1.165) is 15.4 Å². The highest BCUT2D eigenvalue weighted by Gasteiger charge is 2.22. The van der Waals surface area contributed by atoms with Crippen molar-refractivity contribution >= 4 is 45.9 Å². The molecule has 22 heavy (non-hydrogen) atoms. The smallest absolute Gasteiger partial charge is 0.223 e. The van der Waals surface area contributed by atoms with Crippen molar-refractivity contribution in [3.05, 3.63) is 32.5 Å². The van der Waals surface area contributed by atoms with E-state index in [1.165, 1.54) is 23.8 Å². The molecule has 3 rings (SSSR count). The second-order valence-corrected chi connectivity index (χ2v) is 6.84. The predicted molar refractivity (Wildman–Crippen MR) is 89.0 cm³/mol. The van der Waals surface area contributed by atoms with Crippen LogP contribution in [-0.4, -0.2) is 24.1 Å². The summed E-state index contributed by atoms with van der Waals surface area (Å²) in [6, 6.07) is 2.11. The van der Waals surface area contributed by atoms with Gasteiger partial charge in [-0.1, -0.05) is 0 Å². The molecule has 1 amide bonds. The summed E-state index contributed by atoms with van der Waals surface area (Å²) >= 11 is 3.07. The molecule has 1 aliphatic rings. The van der Waals surface area contributed by atoms with Gasteiger partial charge in [-0.15, -0.1) is 22.7 Å².